The fourth-order valence-electron chi connectivity index (χ4n) is 2.50. The van der Waals surface area contributed by atoms with Crippen LogP contribution in [0.3, 0.4) is 0 Å². The molecule has 0 bridgehead atoms. The highest BCUT2D eigenvalue weighted by molar-refractivity contribution is 7.90. The summed E-state index contributed by atoms with van der Waals surface area (Å²) < 4.78 is 35.5. The van der Waals surface area contributed by atoms with Crippen LogP contribution in [0.15, 0.2) is 35.5 Å². The van der Waals surface area contributed by atoms with Crippen LogP contribution in [0.1, 0.15) is 36.8 Å². The minimum atomic E-state index is -4.12. The van der Waals surface area contributed by atoms with Gasteiger partial charge in [0.25, 0.3) is 15.9 Å². The van der Waals surface area contributed by atoms with E-state index in [4.69, 9.17) is 16.3 Å². The summed E-state index contributed by atoms with van der Waals surface area (Å²) in [6.07, 6.45) is 2.82. The van der Waals surface area contributed by atoms with Gasteiger partial charge in [0, 0.05) is 19.3 Å². The van der Waals surface area contributed by atoms with Crippen molar-refractivity contribution in [3.63, 3.8) is 0 Å². The van der Waals surface area contributed by atoms with Gasteiger partial charge in [-0.05, 0) is 24.5 Å². The van der Waals surface area contributed by atoms with Gasteiger partial charge < -0.3 is 4.74 Å². The van der Waals surface area contributed by atoms with Gasteiger partial charge in [-0.2, -0.15) is 5.10 Å². The van der Waals surface area contributed by atoms with Crippen LogP contribution in [0.25, 0.3) is 5.82 Å². The molecule has 3 rings (SSSR count). The molecule has 3 heterocycles. The molecule has 0 aliphatic rings. The van der Waals surface area contributed by atoms with E-state index >= 15 is 0 Å². The van der Waals surface area contributed by atoms with E-state index in [9.17, 15) is 13.2 Å². The maximum Gasteiger partial charge on any atom is 0.268 e. The third-order valence-electron chi connectivity index (χ3n) is 4.24. The maximum atomic E-state index is 12.5. The molecule has 0 unspecified atom stereocenters. The average Bonchev–Trinajstić information content (AvgIpc) is 3.26. The number of rotatable bonds is 6. The maximum absolute atomic E-state index is 12.5. The number of amides is 1. The van der Waals surface area contributed by atoms with E-state index in [0.717, 1.165) is 0 Å². The molecule has 0 aromatic carbocycles. The number of carbonyl (C=O) groups excluding carboxylic acids is 1. The van der Waals surface area contributed by atoms with Crippen LogP contribution >= 0.6 is 11.6 Å². The molecule has 3 aromatic rings. The summed E-state index contributed by atoms with van der Waals surface area (Å²) in [6, 6.07) is 4.57. The second-order valence-electron chi connectivity index (χ2n) is 8.11. The van der Waals surface area contributed by atoms with Gasteiger partial charge in [-0.25, -0.2) is 22.8 Å². The first-order valence-corrected chi connectivity index (χ1v) is 11.1. The van der Waals surface area contributed by atoms with Crippen LogP contribution in [0, 0.1) is 12.3 Å². The van der Waals surface area contributed by atoms with Gasteiger partial charge in [0.1, 0.15) is 10.0 Å². The predicted octanol–water partition coefficient (Wildman–Crippen LogP) is 2.51. The van der Waals surface area contributed by atoms with Gasteiger partial charge in [0.05, 0.1) is 24.1 Å². The fraction of sp³-hybridized carbons (Fsp3) is 0.368. The summed E-state index contributed by atoms with van der Waals surface area (Å²) in [7, 11) is -2.51. The standard InChI is InChI=1S/C19H23ClN6O4S/c1-12-14(10-21-25(12)5)31(28,29)24-18(27)13-6-7-15(22-17(13)20)26-9-8-16(23-26)30-11-19(2,3)4/h6-10H,11H2,1-5H3,(H,24,27). The van der Waals surface area contributed by atoms with Crippen LogP contribution in [-0.4, -0.2) is 45.5 Å². The van der Waals surface area contributed by atoms with Crippen LogP contribution in [0.2, 0.25) is 5.15 Å². The summed E-state index contributed by atoms with van der Waals surface area (Å²) in [6.45, 7) is 8.21. The minimum Gasteiger partial charge on any atom is -0.476 e. The van der Waals surface area contributed by atoms with Gasteiger partial charge in [0.2, 0.25) is 5.88 Å². The zero-order chi connectivity index (χ0) is 23.0. The van der Waals surface area contributed by atoms with E-state index in [-0.39, 0.29) is 21.0 Å². The topological polar surface area (TPSA) is 121 Å². The number of halogens is 1. The van der Waals surface area contributed by atoms with Crippen molar-refractivity contribution >= 4 is 27.5 Å². The average molecular weight is 467 g/mol. The van der Waals surface area contributed by atoms with Crippen LogP contribution in [0.4, 0.5) is 0 Å². The Morgan fingerprint density at radius 3 is 2.55 bits per heavy atom. The fourth-order valence-corrected chi connectivity index (χ4v) is 3.90. The van der Waals surface area contributed by atoms with Crippen LogP contribution < -0.4 is 9.46 Å². The minimum absolute atomic E-state index is 0.0188. The number of nitrogens with zero attached hydrogens (tertiary/aromatic N) is 5. The molecule has 0 aliphatic carbocycles. The number of aryl methyl sites for hydroxylation is 1. The lowest BCUT2D eigenvalue weighted by atomic mass is 9.99. The molecular formula is C19H23ClN6O4S. The summed E-state index contributed by atoms with van der Waals surface area (Å²) >= 11 is 6.16. The highest BCUT2D eigenvalue weighted by atomic mass is 35.5. The molecule has 166 valence electrons. The van der Waals surface area contributed by atoms with Crippen molar-refractivity contribution in [3.8, 4) is 11.7 Å². The molecular weight excluding hydrogens is 444 g/mol. The zero-order valence-corrected chi connectivity index (χ0v) is 19.3. The van der Waals surface area contributed by atoms with Crippen LogP contribution in [-0.2, 0) is 17.1 Å². The van der Waals surface area contributed by atoms with Crippen molar-refractivity contribution in [2.75, 3.05) is 6.61 Å². The molecule has 0 spiro atoms. The predicted molar refractivity (Wildman–Crippen MR) is 114 cm³/mol. The first-order valence-electron chi connectivity index (χ1n) is 9.28. The molecule has 0 saturated carbocycles. The second kappa shape index (κ2) is 8.31. The number of ether oxygens (including phenoxy) is 1. The number of hydrogen-bond donors (Lipinski definition) is 1. The Morgan fingerprint density at radius 1 is 1.26 bits per heavy atom. The molecule has 0 radical (unpaired) electrons. The third-order valence-corrected chi connectivity index (χ3v) is 5.96. The van der Waals surface area contributed by atoms with Crippen molar-refractivity contribution in [2.45, 2.75) is 32.6 Å². The number of sulfonamides is 1. The van der Waals surface area contributed by atoms with Crippen molar-refractivity contribution < 1.29 is 17.9 Å². The number of nitrogens with one attached hydrogen (secondary N) is 1. The van der Waals surface area contributed by atoms with Gasteiger partial charge in [-0.15, -0.1) is 5.10 Å². The highest BCUT2D eigenvalue weighted by Crippen LogP contribution is 2.20. The second-order valence-corrected chi connectivity index (χ2v) is 10.1. The third kappa shape index (κ3) is 5.23. The normalized spacial score (nSPS) is 12.1. The summed E-state index contributed by atoms with van der Waals surface area (Å²) in [5, 5.41) is 7.99. The molecule has 0 atom stereocenters. The molecule has 1 amide bonds. The summed E-state index contributed by atoms with van der Waals surface area (Å²) in [5.74, 6) is -0.132. The van der Waals surface area contributed by atoms with Crippen molar-refractivity contribution in [1.82, 2.24) is 29.3 Å². The van der Waals surface area contributed by atoms with Crippen molar-refractivity contribution in [1.29, 1.82) is 0 Å². The van der Waals surface area contributed by atoms with Gasteiger partial charge in [-0.3, -0.25) is 9.48 Å². The number of hydrogen-bond acceptors (Lipinski definition) is 7. The number of aromatic nitrogens is 5. The van der Waals surface area contributed by atoms with E-state index in [2.05, 4.69) is 15.2 Å². The molecule has 1 N–H and O–H groups in total. The largest absolute Gasteiger partial charge is 0.476 e. The Morgan fingerprint density at radius 2 is 1.97 bits per heavy atom. The van der Waals surface area contributed by atoms with Gasteiger partial charge in [0.15, 0.2) is 5.82 Å². The van der Waals surface area contributed by atoms with Gasteiger partial charge >= 0.3 is 0 Å². The Hall–Kier alpha value is -2.92. The lowest BCUT2D eigenvalue weighted by Gasteiger charge is -2.17. The Kier molecular flexibility index (Phi) is 6.10. The van der Waals surface area contributed by atoms with Gasteiger partial charge in [-0.1, -0.05) is 32.4 Å². The number of carbonyl (C=O) groups is 1. The summed E-state index contributed by atoms with van der Waals surface area (Å²) in [5.41, 5.74) is 0.282. The van der Waals surface area contributed by atoms with Crippen molar-refractivity contribution in [2.24, 2.45) is 12.5 Å². The van der Waals surface area contributed by atoms with E-state index in [0.29, 0.717) is 24.0 Å². The smallest absolute Gasteiger partial charge is 0.268 e. The number of pyridine rings is 1. The molecule has 0 fully saturated rings. The first kappa shape index (κ1) is 22.8. The molecule has 0 saturated heterocycles. The SMILES string of the molecule is Cc1c(S(=O)(=O)NC(=O)c2ccc(-n3ccc(OCC(C)(C)C)n3)nc2Cl)cnn1C. The Balaban J connectivity index is 1.77. The van der Waals surface area contributed by atoms with E-state index in [1.165, 1.54) is 27.7 Å². The Bertz CT molecular complexity index is 1230. The highest BCUT2D eigenvalue weighted by Gasteiger charge is 2.25. The van der Waals surface area contributed by atoms with E-state index < -0.39 is 15.9 Å². The monoisotopic (exact) mass is 466 g/mol. The summed E-state index contributed by atoms with van der Waals surface area (Å²) in [4.78, 5) is 16.6. The molecule has 10 nitrogen and oxygen atoms in total. The van der Waals surface area contributed by atoms with Crippen LogP contribution in [0.5, 0.6) is 5.88 Å². The Labute approximate surface area is 185 Å². The lowest BCUT2D eigenvalue weighted by molar-refractivity contribution is 0.0981. The van der Waals surface area contributed by atoms with Crippen molar-refractivity contribution in [3.05, 3.63) is 47.0 Å². The first-order chi connectivity index (χ1) is 14.4. The molecule has 31 heavy (non-hydrogen) atoms. The quantitative estimate of drug-likeness (QED) is 0.554. The molecule has 3 aromatic heterocycles. The van der Waals surface area contributed by atoms with E-state index in [1.54, 1.807) is 26.2 Å². The van der Waals surface area contributed by atoms with E-state index in [1.807, 2.05) is 25.5 Å². The molecule has 0 aliphatic heterocycles. The molecule has 12 heteroatoms. The zero-order valence-electron chi connectivity index (χ0n) is 17.7. The lowest BCUT2D eigenvalue weighted by Crippen LogP contribution is -2.31.